The number of carboxylic acids is 1. The van der Waals surface area contributed by atoms with Crippen LogP contribution in [-0.2, 0) is 14.4 Å². The van der Waals surface area contributed by atoms with Crippen molar-refractivity contribution >= 4 is 17.8 Å². The van der Waals surface area contributed by atoms with E-state index in [0.717, 1.165) is 13.1 Å². The Morgan fingerprint density at radius 1 is 1.26 bits per heavy atom. The first-order valence-electron chi connectivity index (χ1n) is 6.44. The third-order valence-electron chi connectivity index (χ3n) is 3.70. The van der Waals surface area contributed by atoms with Crippen molar-refractivity contribution in [1.29, 1.82) is 0 Å². The van der Waals surface area contributed by atoms with Gasteiger partial charge in [-0.25, -0.2) is 0 Å². The number of nitrogens with zero attached hydrogens (tertiary/aromatic N) is 3. The molecule has 1 unspecified atom stereocenters. The van der Waals surface area contributed by atoms with Gasteiger partial charge in [-0.2, -0.15) is 0 Å². The zero-order valence-corrected chi connectivity index (χ0v) is 11.0. The fraction of sp³-hybridized carbons (Fsp3) is 0.750. The molecule has 2 aliphatic heterocycles. The maximum Gasteiger partial charge on any atom is 0.323 e. The van der Waals surface area contributed by atoms with Gasteiger partial charge in [0, 0.05) is 39.1 Å². The summed E-state index contributed by atoms with van der Waals surface area (Å²) in [4.78, 5) is 39.7. The Balaban J connectivity index is 1.90. The molecule has 19 heavy (non-hydrogen) atoms. The quantitative estimate of drug-likeness (QED) is 0.688. The van der Waals surface area contributed by atoms with Gasteiger partial charge in [0.2, 0.25) is 11.8 Å². The molecule has 7 heteroatoms. The molecule has 0 saturated carbocycles. The van der Waals surface area contributed by atoms with E-state index in [1.54, 1.807) is 4.90 Å². The molecule has 1 N–H and O–H groups in total. The summed E-state index contributed by atoms with van der Waals surface area (Å²) < 4.78 is 0. The van der Waals surface area contributed by atoms with E-state index in [-0.39, 0.29) is 37.2 Å². The zero-order valence-electron chi connectivity index (χ0n) is 11.0. The maximum atomic E-state index is 12.3. The lowest BCUT2D eigenvalue weighted by Crippen LogP contribution is -2.49. The number of carbonyl (C=O) groups excluding carboxylic acids is 2. The number of likely N-dealkylation sites (N-methyl/N-ethyl adjacent to an activating group) is 1. The number of carbonyl (C=O) groups is 3. The maximum absolute atomic E-state index is 12.3. The standard InChI is InChI=1S/C12H19N3O4/c1-13-2-4-14(5-3-13)12(19)9-6-10(16)15(7-9)8-11(17)18/h9H,2-8H2,1H3,(H,17,18). The summed E-state index contributed by atoms with van der Waals surface area (Å²) in [5.74, 6) is -1.68. The number of likely N-dealkylation sites (tertiary alicyclic amines) is 1. The van der Waals surface area contributed by atoms with Crippen LogP contribution in [-0.4, -0.2) is 83.9 Å². The van der Waals surface area contributed by atoms with Crippen molar-refractivity contribution in [2.45, 2.75) is 6.42 Å². The number of hydrogen-bond acceptors (Lipinski definition) is 4. The van der Waals surface area contributed by atoms with E-state index in [4.69, 9.17) is 5.11 Å². The van der Waals surface area contributed by atoms with Crippen LogP contribution in [0.2, 0.25) is 0 Å². The molecular formula is C12H19N3O4. The summed E-state index contributed by atoms with van der Waals surface area (Å²) in [6, 6.07) is 0. The predicted octanol–water partition coefficient (Wildman–Crippen LogP) is -1.31. The highest BCUT2D eigenvalue weighted by atomic mass is 16.4. The van der Waals surface area contributed by atoms with Crippen LogP contribution in [0.25, 0.3) is 0 Å². The van der Waals surface area contributed by atoms with Crippen molar-refractivity contribution in [2.24, 2.45) is 5.92 Å². The monoisotopic (exact) mass is 269 g/mol. The number of aliphatic carboxylic acids is 1. The normalized spacial score (nSPS) is 24.9. The number of carboxylic acid groups (broad SMARTS) is 1. The first-order valence-corrected chi connectivity index (χ1v) is 6.44. The molecular weight excluding hydrogens is 250 g/mol. The lowest BCUT2D eigenvalue weighted by molar-refractivity contribution is -0.142. The van der Waals surface area contributed by atoms with E-state index in [0.29, 0.717) is 13.1 Å². The lowest BCUT2D eigenvalue weighted by atomic mass is 10.1. The Labute approximate surface area is 111 Å². The minimum atomic E-state index is -1.04. The molecule has 0 aromatic carbocycles. The molecule has 2 saturated heterocycles. The fourth-order valence-electron chi connectivity index (χ4n) is 2.54. The summed E-state index contributed by atoms with van der Waals surface area (Å²) in [6.45, 7) is 2.95. The van der Waals surface area contributed by atoms with E-state index >= 15 is 0 Å². The second kappa shape index (κ2) is 5.56. The van der Waals surface area contributed by atoms with Crippen molar-refractivity contribution < 1.29 is 19.5 Å². The SMILES string of the molecule is CN1CCN(C(=O)C2CC(=O)N(CC(=O)O)C2)CC1. The highest BCUT2D eigenvalue weighted by Crippen LogP contribution is 2.20. The average molecular weight is 269 g/mol. The molecule has 0 spiro atoms. The van der Waals surface area contributed by atoms with Crippen LogP contribution in [0.1, 0.15) is 6.42 Å². The molecule has 0 bridgehead atoms. The van der Waals surface area contributed by atoms with Crippen LogP contribution in [0.3, 0.4) is 0 Å². The first-order chi connectivity index (χ1) is 8.97. The van der Waals surface area contributed by atoms with Crippen LogP contribution in [0.15, 0.2) is 0 Å². The lowest BCUT2D eigenvalue weighted by Gasteiger charge is -2.33. The smallest absolute Gasteiger partial charge is 0.323 e. The van der Waals surface area contributed by atoms with Gasteiger partial charge in [0.1, 0.15) is 6.54 Å². The van der Waals surface area contributed by atoms with Crippen LogP contribution < -0.4 is 0 Å². The number of piperazine rings is 1. The van der Waals surface area contributed by atoms with Crippen molar-refractivity contribution in [3.8, 4) is 0 Å². The molecule has 2 heterocycles. The Morgan fingerprint density at radius 3 is 2.47 bits per heavy atom. The molecule has 2 fully saturated rings. The van der Waals surface area contributed by atoms with E-state index in [2.05, 4.69) is 4.90 Å². The average Bonchev–Trinajstić information content (AvgIpc) is 2.70. The second-order valence-electron chi connectivity index (χ2n) is 5.20. The van der Waals surface area contributed by atoms with Gasteiger partial charge < -0.3 is 19.8 Å². The van der Waals surface area contributed by atoms with E-state index in [9.17, 15) is 14.4 Å². The topological polar surface area (TPSA) is 81.2 Å². The molecule has 2 amide bonds. The van der Waals surface area contributed by atoms with Gasteiger partial charge in [-0.3, -0.25) is 14.4 Å². The van der Waals surface area contributed by atoms with Crippen molar-refractivity contribution in [3.05, 3.63) is 0 Å². The van der Waals surface area contributed by atoms with Crippen LogP contribution >= 0.6 is 0 Å². The van der Waals surface area contributed by atoms with E-state index in [1.165, 1.54) is 4.90 Å². The largest absolute Gasteiger partial charge is 0.480 e. The van der Waals surface area contributed by atoms with Gasteiger partial charge in [-0.1, -0.05) is 0 Å². The molecule has 2 aliphatic rings. The Morgan fingerprint density at radius 2 is 1.89 bits per heavy atom. The highest BCUT2D eigenvalue weighted by Gasteiger charge is 2.37. The summed E-state index contributed by atoms with van der Waals surface area (Å²) in [7, 11) is 2.01. The minimum Gasteiger partial charge on any atom is -0.480 e. The fourth-order valence-corrected chi connectivity index (χ4v) is 2.54. The molecule has 1 atom stereocenters. The van der Waals surface area contributed by atoms with Gasteiger partial charge in [-0.15, -0.1) is 0 Å². The molecule has 2 rings (SSSR count). The second-order valence-corrected chi connectivity index (χ2v) is 5.20. The summed E-state index contributed by atoms with van der Waals surface area (Å²) in [6.07, 6.45) is 0.137. The molecule has 0 radical (unpaired) electrons. The first kappa shape index (κ1) is 13.8. The predicted molar refractivity (Wildman–Crippen MR) is 66.4 cm³/mol. The van der Waals surface area contributed by atoms with Crippen molar-refractivity contribution in [2.75, 3.05) is 46.3 Å². The van der Waals surface area contributed by atoms with Gasteiger partial charge in [0.05, 0.1) is 5.92 Å². The van der Waals surface area contributed by atoms with Crippen LogP contribution in [0.4, 0.5) is 0 Å². The molecule has 0 aromatic heterocycles. The molecule has 7 nitrogen and oxygen atoms in total. The molecule has 106 valence electrons. The molecule has 0 aliphatic carbocycles. The zero-order chi connectivity index (χ0) is 14.0. The molecule has 0 aromatic rings. The Hall–Kier alpha value is -1.63. The summed E-state index contributed by atoms with van der Waals surface area (Å²) in [5, 5.41) is 8.70. The van der Waals surface area contributed by atoms with Crippen molar-refractivity contribution in [1.82, 2.24) is 14.7 Å². The third kappa shape index (κ3) is 3.23. The van der Waals surface area contributed by atoms with Crippen molar-refractivity contribution in [3.63, 3.8) is 0 Å². The van der Waals surface area contributed by atoms with E-state index in [1.807, 2.05) is 7.05 Å². The number of rotatable bonds is 3. The van der Waals surface area contributed by atoms with Crippen LogP contribution in [0.5, 0.6) is 0 Å². The van der Waals surface area contributed by atoms with E-state index < -0.39 is 5.97 Å². The minimum absolute atomic E-state index is 0.0191. The Kier molecular flexibility index (Phi) is 4.04. The third-order valence-corrected chi connectivity index (χ3v) is 3.70. The summed E-state index contributed by atoms with van der Waals surface area (Å²) >= 11 is 0. The van der Waals surface area contributed by atoms with Gasteiger partial charge in [0.15, 0.2) is 0 Å². The number of hydrogen-bond donors (Lipinski definition) is 1. The van der Waals surface area contributed by atoms with Crippen LogP contribution in [0, 0.1) is 5.92 Å². The highest BCUT2D eigenvalue weighted by molar-refractivity contribution is 5.90. The van der Waals surface area contributed by atoms with Gasteiger partial charge in [0.25, 0.3) is 0 Å². The summed E-state index contributed by atoms with van der Waals surface area (Å²) in [5.41, 5.74) is 0. The van der Waals surface area contributed by atoms with Gasteiger partial charge >= 0.3 is 5.97 Å². The Bertz CT molecular complexity index is 390. The van der Waals surface area contributed by atoms with Gasteiger partial charge in [-0.05, 0) is 7.05 Å². The number of amides is 2.